The number of ether oxygens (including phenoxy) is 2. The summed E-state index contributed by atoms with van der Waals surface area (Å²) in [5.74, 6) is 0.0707. The maximum absolute atomic E-state index is 13.2. The van der Waals surface area contributed by atoms with E-state index in [0.29, 0.717) is 31.8 Å². The molecule has 1 atom stereocenters. The topological polar surface area (TPSA) is 54.9 Å². The molecule has 1 unspecified atom stereocenters. The van der Waals surface area contributed by atoms with Gasteiger partial charge in [-0.3, -0.25) is 14.7 Å². The van der Waals surface area contributed by atoms with Crippen LogP contribution in [0, 0.1) is 0 Å². The molecule has 0 radical (unpaired) electrons. The number of rotatable bonds is 9. The summed E-state index contributed by atoms with van der Waals surface area (Å²) in [5.41, 5.74) is 2.42. The molecule has 34 heavy (non-hydrogen) atoms. The lowest BCUT2D eigenvalue weighted by molar-refractivity contribution is -0.132. The Hall–Kier alpha value is -3.36. The van der Waals surface area contributed by atoms with Crippen molar-refractivity contribution in [1.29, 1.82) is 0 Å². The average molecular weight is 468 g/mol. The van der Waals surface area contributed by atoms with Crippen LogP contribution in [-0.2, 0) is 29.2 Å². The number of pyridine rings is 1. The smallest absolute Gasteiger partial charge is 0.387 e. The third-order valence-corrected chi connectivity index (χ3v) is 5.59. The van der Waals surface area contributed by atoms with E-state index in [4.69, 9.17) is 4.74 Å². The van der Waals surface area contributed by atoms with Crippen molar-refractivity contribution in [2.75, 3.05) is 19.6 Å². The average Bonchev–Trinajstić information content (AvgIpc) is 2.98. The molecule has 2 heterocycles. The van der Waals surface area contributed by atoms with Crippen molar-refractivity contribution in [2.24, 2.45) is 0 Å². The number of carbonyl (C=O) groups excluding carboxylic acids is 1. The van der Waals surface area contributed by atoms with E-state index in [-0.39, 0.29) is 30.9 Å². The molecular formula is C26H27F2N3O3. The first-order valence-corrected chi connectivity index (χ1v) is 11.1. The van der Waals surface area contributed by atoms with Crippen molar-refractivity contribution in [3.05, 3.63) is 95.8 Å². The van der Waals surface area contributed by atoms with E-state index < -0.39 is 6.61 Å². The van der Waals surface area contributed by atoms with Crippen LogP contribution < -0.4 is 4.74 Å². The van der Waals surface area contributed by atoms with Gasteiger partial charge in [0.1, 0.15) is 5.75 Å². The molecule has 2 aromatic carbocycles. The normalized spacial score (nSPS) is 17.1. The summed E-state index contributed by atoms with van der Waals surface area (Å²) in [4.78, 5) is 21.2. The highest BCUT2D eigenvalue weighted by atomic mass is 19.3. The Morgan fingerprint density at radius 1 is 0.941 bits per heavy atom. The molecule has 1 fully saturated rings. The Balaban J connectivity index is 1.51. The van der Waals surface area contributed by atoms with Gasteiger partial charge < -0.3 is 14.4 Å². The molecule has 0 aliphatic carbocycles. The summed E-state index contributed by atoms with van der Waals surface area (Å²) >= 11 is 0. The van der Waals surface area contributed by atoms with Crippen molar-refractivity contribution in [2.45, 2.75) is 32.4 Å². The van der Waals surface area contributed by atoms with Gasteiger partial charge in [-0.1, -0.05) is 54.6 Å². The van der Waals surface area contributed by atoms with Crippen LogP contribution in [0.1, 0.15) is 16.8 Å². The van der Waals surface area contributed by atoms with Gasteiger partial charge in [0.15, 0.2) is 0 Å². The summed E-state index contributed by atoms with van der Waals surface area (Å²) < 4.78 is 36.6. The number of halogens is 2. The van der Waals surface area contributed by atoms with Crippen molar-refractivity contribution < 1.29 is 23.0 Å². The molecule has 0 spiro atoms. The number of amides is 1. The van der Waals surface area contributed by atoms with E-state index in [2.05, 4.69) is 9.72 Å². The molecule has 1 aromatic heterocycles. The lowest BCUT2D eigenvalue weighted by Crippen LogP contribution is -2.37. The minimum absolute atomic E-state index is 0.0416. The first kappa shape index (κ1) is 23.8. The SMILES string of the molecule is O=C1CN(Cc2ccccc2OC(F)F)CC(OCc2ccccn2)CN1Cc1ccccc1. The number of para-hydroxylation sites is 1. The maximum Gasteiger partial charge on any atom is 0.387 e. The second kappa shape index (κ2) is 11.7. The van der Waals surface area contributed by atoms with Crippen LogP contribution in [0.3, 0.4) is 0 Å². The van der Waals surface area contributed by atoms with Crippen LogP contribution in [0.5, 0.6) is 5.75 Å². The van der Waals surface area contributed by atoms with Crippen LogP contribution in [0.15, 0.2) is 79.0 Å². The van der Waals surface area contributed by atoms with Gasteiger partial charge in [0, 0.05) is 37.9 Å². The molecule has 1 aliphatic rings. The Labute approximate surface area is 197 Å². The van der Waals surface area contributed by atoms with Crippen LogP contribution >= 0.6 is 0 Å². The number of nitrogens with zero attached hydrogens (tertiary/aromatic N) is 3. The molecule has 6 nitrogen and oxygen atoms in total. The molecule has 0 saturated carbocycles. The zero-order chi connectivity index (χ0) is 23.8. The summed E-state index contributed by atoms with van der Waals surface area (Å²) in [5, 5.41) is 0. The lowest BCUT2D eigenvalue weighted by Gasteiger charge is -2.25. The van der Waals surface area contributed by atoms with Gasteiger partial charge in [-0.15, -0.1) is 0 Å². The monoisotopic (exact) mass is 467 g/mol. The predicted octanol–water partition coefficient (Wildman–Crippen LogP) is 4.11. The molecule has 3 aromatic rings. The molecular weight excluding hydrogens is 440 g/mol. The Kier molecular flexibility index (Phi) is 8.17. The second-order valence-corrected chi connectivity index (χ2v) is 8.17. The van der Waals surface area contributed by atoms with Crippen molar-refractivity contribution >= 4 is 5.91 Å². The Bertz CT molecular complexity index is 1050. The van der Waals surface area contributed by atoms with E-state index in [9.17, 15) is 13.6 Å². The van der Waals surface area contributed by atoms with Gasteiger partial charge in [0.05, 0.1) is 24.9 Å². The largest absolute Gasteiger partial charge is 0.434 e. The predicted molar refractivity (Wildman–Crippen MR) is 123 cm³/mol. The number of benzene rings is 2. The van der Waals surface area contributed by atoms with E-state index in [1.165, 1.54) is 6.07 Å². The fourth-order valence-corrected chi connectivity index (χ4v) is 4.00. The number of aromatic nitrogens is 1. The molecule has 0 bridgehead atoms. The van der Waals surface area contributed by atoms with E-state index in [0.717, 1.165) is 11.3 Å². The first-order chi connectivity index (χ1) is 16.6. The highest BCUT2D eigenvalue weighted by molar-refractivity contribution is 5.78. The Morgan fingerprint density at radius 3 is 2.47 bits per heavy atom. The zero-order valence-corrected chi connectivity index (χ0v) is 18.7. The molecule has 4 rings (SSSR count). The van der Waals surface area contributed by atoms with E-state index in [1.807, 2.05) is 53.4 Å². The molecule has 8 heteroatoms. The van der Waals surface area contributed by atoms with Crippen molar-refractivity contribution in [3.8, 4) is 5.75 Å². The van der Waals surface area contributed by atoms with Crippen LogP contribution in [0.25, 0.3) is 0 Å². The van der Waals surface area contributed by atoms with Gasteiger partial charge >= 0.3 is 6.61 Å². The van der Waals surface area contributed by atoms with Crippen LogP contribution in [0.2, 0.25) is 0 Å². The number of hydrogen-bond donors (Lipinski definition) is 0. The van der Waals surface area contributed by atoms with Gasteiger partial charge in [-0.25, -0.2) is 0 Å². The fraction of sp³-hybridized carbons (Fsp3) is 0.308. The summed E-state index contributed by atoms with van der Waals surface area (Å²) in [6.45, 7) is -0.794. The third-order valence-electron chi connectivity index (χ3n) is 5.59. The minimum Gasteiger partial charge on any atom is -0.434 e. The highest BCUT2D eigenvalue weighted by Gasteiger charge is 2.29. The summed E-state index contributed by atoms with van der Waals surface area (Å²) in [6.07, 6.45) is 1.43. The van der Waals surface area contributed by atoms with Crippen LogP contribution in [-0.4, -0.2) is 53.0 Å². The van der Waals surface area contributed by atoms with Gasteiger partial charge in [-0.2, -0.15) is 8.78 Å². The zero-order valence-electron chi connectivity index (χ0n) is 18.7. The highest BCUT2D eigenvalue weighted by Crippen LogP contribution is 2.23. The molecule has 1 amide bonds. The van der Waals surface area contributed by atoms with Gasteiger partial charge in [-0.05, 0) is 23.8 Å². The minimum atomic E-state index is -2.91. The number of carbonyl (C=O) groups is 1. The van der Waals surface area contributed by atoms with Crippen LogP contribution in [0.4, 0.5) is 8.78 Å². The fourth-order valence-electron chi connectivity index (χ4n) is 4.00. The van der Waals surface area contributed by atoms with Gasteiger partial charge in [0.2, 0.25) is 5.91 Å². The number of hydrogen-bond acceptors (Lipinski definition) is 5. The van der Waals surface area contributed by atoms with Crippen molar-refractivity contribution in [1.82, 2.24) is 14.8 Å². The lowest BCUT2D eigenvalue weighted by atomic mass is 10.2. The molecule has 0 N–H and O–H groups in total. The quantitative estimate of drug-likeness (QED) is 0.474. The standard InChI is InChI=1S/C26H27F2N3O3/c27-26(28)34-24-12-5-4-10-21(24)15-30-16-23(33-19-22-11-6-7-13-29-22)17-31(25(32)18-30)14-20-8-2-1-3-9-20/h1-13,23,26H,14-19H2. The maximum atomic E-state index is 13.2. The Morgan fingerprint density at radius 2 is 1.71 bits per heavy atom. The van der Waals surface area contributed by atoms with Gasteiger partial charge in [0.25, 0.3) is 0 Å². The molecule has 178 valence electrons. The molecule has 1 saturated heterocycles. The third kappa shape index (κ3) is 6.82. The number of alkyl halides is 2. The first-order valence-electron chi connectivity index (χ1n) is 11.1. The summed E-state index contributed by atoms with van der Waals surface area (Å²) in [6, 6.07) is 22.1. The molecule has 1 aliphatic heterocycles. The summed E-state index contributed by atoms with van der Waals surface area (Å²) in [7, 11) is 0. The second-order valence-electron chi connectivity index (χ2n) is 8.17. The van der Waals surface area contributed by atoms with E-state index >= 15 is 0 Å². The van der Waals surface area contributed by atoms with E-state index in [1.54, 1.807) is 29.3 Å². The van der Waals surface area contributed by atoms with Crippen molar-refractivity contribution in [3.63, 3.8) is 0 Å².